The number of aromatic nitrogens is 4. The van der Waals surface area contributed by atoms with Gasteiger partial charge in [0.15, 0.2) is 10.0 Å². The Morgan fingerprint density at radius 1 is 0.754 bits per heavy atom. The summed E-state index contributed by atoms with van der Waals surface area (Å²) in [6, 6.07) is 4.59. The zero-order chi connectivity index (χ0) is 46.5. The van der Waals surface area contributed by atoms with Gasteiger partial charge in [-0.2, -0.15) is 0 Å². The van der Waals surface area contributed by atoms with E-state index in [-0.39, 0.29) is 52.8 Å². The van der Waals surface area contributed by atoms with Crippen LogP contribution in [0.5, 0.6) is 0 Å². The fraction of sp³-hybridized carbons (Fsp3) is 0.574. The summed E-state index contributed by atoms with van der Waals surface area (Å²) in [5, 5.41) is 19.9. The molecule has 3 aliphatic heterocycles. The van der Waals surface area contributed by atoms with E-state index >= 15 is 0 Å². The van der Waals surface area contributed by atoms with Crippen LogP contribution in [0.4, 0.5) is 11.6 Å². The first kappa shape index (κ1) is 47.9. The Morgan fingerprint density at radius 3 is 1.72 bits per heavy atom. The number of carbonyl (C=O) groups excluding carboxylic acids is 4. The van der Waals surface area contributed by atoms with Gasteiger partial charge < -0.3 is 40.5 Å². The van der Waals surface area contributed by atoms with E-state index in [0.29, 0.717) is 66.6 Å². The lowest BCUT2D eigenvalue weighted by atomic mass is 9.89. The van der Waals surface area contributed by atoms with E-state index in [4.69, 9.17) is 4.74 Å². The maximum absolute atomic E-state index is 13.5. The number of likely N-dealkylation sites (tertiary alicyclic amines) is 2. The van der Waals surface area contributed by atoms with Crippen molar-refractivity contribution in [3.8, 4) is 20.9 Å². The van der Waals surface area contributed by atoms with E-state index in [1.807, 2.05) is 56.6 Å². The number of rotatable bonds is 12. The summed E-state index contributed by atoms with van der Waals surface area (Å²) >= 11 is 2.50. The molecule has 0 unspecified atom stereocenters. The minimum atomic E-state index is -0.516. The summed E-state index contributed by atoms with van der Waals surface area (Å²) < 4.78 is 5.38. The van der Waals surface area contributed by atoms with Crippen LogP contribution in [0.15, 0.2) is 24.5 Å². The van der Waals surface area contributed by atoms with E-state index < -0.39 is 6.10 Å². The number of pyridine rings is 2. The molecule has 4 amide bonds. The van der Waals surface area contributed by atoms with Crippen LogP contribution in [0.2, 0.25) is 0 Å². The number of aryl methyl sites for hydroxylation is 2. The lowest BCUT2D eigenvalue weighted by Gasteiger charge is -2.32. The highest BCUT2D eigenvalue weighted by Crippen LogP contribution is 2.37. The highest BCUT2D eigenvalue weighted by Gasteiger charge is 2.36. The number of nitrogens with one attached hydrogen (secondary N) is 3. The van der Waals surface area contributed by atoms with Crippen molar-refractivity contribution in [3.63, 3.8) is 0 Å². The molecule has 350 valence electrons. The first-order chi connectivity index (χ1) is 31.1. The maximum Gasteiger partial charge on any atom is 0.283 e. The number of carbonyl (C=O) groups is 4. The lowest BCUT2D eigenvalue weighted by molar-refractivity contribution is 0.0302. The van der Waals surface area contributed by atoms with Crippen molar-refractivity contribution in [1.82, 2.24) is 40.0 Å². The first-order valence-electron chi connectivity index (χ1n) is 23.1. The molecule has 4 aromatic rings. The summed E-state index contributed by atoms with van der Waals surface area (Å²) in [6.45, 7) is 20.0. The third-order valence-electron chi connectivity index (χ3n) is 12.7. The Morgan fingerprint density at radius 2 is 1.28 bits per heavy atom. The standard InChI is InChI=1S/C24H33N5O3S.C23H31N5O3S/c1-5-16(3)26-19-13-15(2)18(14-25-19)21-20(23(30)29-8-6-7-17(29)4)27-22(33-21)24(31)28-9-11-32-12-10-28;1-12(2)25-18-10-13(3)15(11-24-18)20-19(23(31)28-9-5-6-14(28)4)27-22(32-20)21(30)26-16-7-8-17(16)29/h13-14,16-17H,5-12H2,1-4H3,(H,25,26);10-12,14,16-17,29H,5-9H2,1-4H3,(H,24,25)(H,26,30)/t16-,17+;14-,16+,17-/m10/s1. The number of morpholine rings is 1. The summed E-state index contributed by atoms with van der Waals surface area (Å²) in [5.41, 5.74) is 4.26. The number of amides is 4. The van der Waals surface area contributed by atoms with E-state index in [1.54, 1.807) is 17.3 Å². The predicted molar refractivity (Wildman–Crippen MR) is 255 cm³/mol. The van der Waals surface area contributed by atoms with Gasteiger partial charge in [0.25, 0.3) is 23.6 Å². The van der Waals surface area contributed by atoms with Crippen LogP contribution in [-0.2, 0) is 4.74 Å². The van der Waals surface area contributed by atoms with Gasteiger partial charge in [0.2, 0.25) is 0 Å². The Kier molecular flexibility index (Phi) is 15.5. The minimum absolute atomic E-state index is 0.103. The second-order valence-corrected chi connectivity index (χ2v) is 20.0. The molecule has 0 bridgehead atoms. The lowest BCUT2D eigenvalue weighted by Crippen LogP contribution is -2.50. The highest BCUT2D eigenvalue weighted by atomic mass is 32.1. The first-order valence-corrected chi connectivity index (χ1v) is 24.7. The van der Waals surface area contributed by atoms with Crippen LogP contribution < -0.4 is 16.0 Å². The molecular formula is C47H64N10O6S2. The molecular weight excluding hydrogens is 865 g/mol. The molecule has 0 aromatic carbocycles. The van der Waals surface area contributed by atoms with Crippen molar-refractivity contribution in [2.75, 3.05) is 50.0 Å². The molecule has 3 saturated heterocycles. The van der Waals surface area contributed by atoms with Gasteiger partial charge in [0.1, 0.15) is 23.0 Å². The monoisotopic (exact) mass is 928 g/mol. The van der Waals surface area contributed by atoms with Crippen molar-refractivity contribution in [3.05, 3.63) is 57.1 Å². The van der Waals surface area contributed by atoms with Crippen LogP contribution in [0, 0.1) is 13.8 Å². The van der Waals surface area contributed by atoms with Crippen LogP contribution in [0.3, 0.4) is 0 Å². The number of thiazole rings is 2. The number of aliphatic hydroxyl groups excluding tert-OH is 1. The highest BCUT2D eigenvalue weighted by molar-refractivity contribution is 7.17. The van der Waals surface area contributed by atoms with Gasteiger partial charge in [0.05, 0.1) is 35.1 Å². The van der Waals surface area contributed by atoms with Gasteiger partial charge >= 0.3 is 0 Å². The average molecular weight is 929 g/mol. The number of nitrogens with zero attached hydrogens (tertiary/aromatic N) is 7. The van der Waals surface area contributed by atoms with Crippen molar-refractivity contribution in [2.45, 2.75) is 137 Å². The number of aliphatic hydroxyl groups is 1. The largest absolute Gasteiger partial charge is 0.391 e. The van der Waals surface area contributed by atoms with E-state index in [2.05, 4.69) is 56.7 Å². The van der Waals surface area contributed by atoms with Gasteiger partial charge in [-0.25, -0.2) is 19.9 Å². The molecule has 5 atom stereocenters. The second-order valence-electron chi connectivity index (χ2n) is 18.0. The molecule has 7 heterocycles. The SMILES string of the molecule is CC[C@@H](C)Nc1cc(C)c(-c2sc(C(=O)N3CCOCC3)nc2C(=O)N2CCC[C@@H]2C)cn1.Cc1cc(NC(C)C)ncc1-c1sc(C(=O)N[C@@H]2CC[C@@H]2O)nc1C(=O)N1CCC[C@@H]1C. The van der Waals surface area contributed by atoms with Gasteiger partial charge in [-0.3, -0.25) is 19.2 Å². The molecule has 0 spiro atoms. The molecule has 4 fully saturated rings. The molecule has 1 aliphatic carbocycles. The fourth-order valence-electron chi connectivity index (χ4n) is 8.40. The molecule has 16 nitrogen and oxygen atoms in total. The smallest absolute Gasteiger partial charge is 0.283 e. The van der Waals surface area contributed by atoms with Gasteiger partial charge in [0, 0.05) is 73.9 Å². The zero-order valence-electron chi connectivity index (χ0n) is 38.9. The number of hydrogen-bond donors (Lipinski definition) is 4. The normalized spacial score (nSPS) is 21.1. The Balaban J connectivity index is 0.000000194. The van der Waals surface area contributed by atoms with Gasteiger partial charge in [-0.1, -0.05) is 6.92 Å². The number of ether oxygens (including phenoxy) is 1. The summed E-state index contributed by atoms with van der Waals surface area (Å²) in [7, 11) is 0. The molecule has 0 radical (unpaired) electrons. The molecule has 4 aliphatic rings. The molecule has 4 N–H and O–H groups in total. The van der Waals surface area contributed by atoms with E-state index in [1.165, 1.54) is 22.7 Å². The summed E-state index contributed by atoms with van der Waals surface area (Å²) in [4.78, 5) is 78.0. The topological polar surface area (TPSA) is 195 Å². The van der Waals surface area contributed by atoms with Gasteiger partial charge in [-0.15, -0.1) is 22.7 Å². The Labute approximate surface area is 390 Å². The van der Waals surface area contributed by atoms with Crippen LogP contribution in [0.25, 0.3) is 20.9 Å². The third kappa shape index (κ3) is 11.0. The van der Waals surface area contributed by atoms with Crippen LogP contribution in [-0.4, -0.2) is 139 Å². The van der Waals surface area contributed by atoms with Crippen LogP contribution >= 0.6 is 22.7 Å². The van der Waals surface area contributed by atoms with Crippen LogP contribution in [0.1, 0.15) is 138 Å². The third-order valence-corrected chi connectivity index (χ3v) is 14.8. The van der Waals surface area contributed by atoms with Crippen molar-refractivity contribution in [2.24, 2.45) is 0 Å². The number of hydrogen-bond acceptors (Lipinski definition) is 14. The van der Waals surface area contributed by atoms with E-state index in [0.717, 1.165) is 83.8 Å². The number of anilines is 2. The van der Waals surface area contributed by atoms with Crippen molar-refractivity contribution in [1.29, 1.82) is 0 Å². The molecule has 4 aromatic heterocycles. The second kappa shape index (κ2) is 21.1. The average Bonchev–Trinajstić information content (AvgIpc) is 4.12. The zero-order valence-corrected chi connectivity index (χ0v) is 40.5. The van der Waals surface area contributed by atoms with Crippen molar-refractivity contribution >= 4 is 57.9 Å². The quantitative estimate of drug-likeness (QED) is 0.113. The fourth-order valence-corrected chi connectivity index (χ4v) is 10.5. The van der Waals surface area contributed by atoms with Crippen molar-refractivity contribution < 1.29 is 29.0 Å². The minimum Gasteiger partial charge on any atom is -0.391 e. The summed E-state index contributed by atoms with van der Waals surface area (Å²) in [5.74, 6) is 0.835. The van der Waals surface area contributed by atoms with E-state index in [9.17, 15) is 24.3 Å². The predicted octanol–water partition coefficient (Wildman–Crippen LogP) is 7.03. The maximum atomic E-state index is 13.5. The Hall–Kier alpha value is -5.04. The summed E-state index contributed by atoms with van der Waals surface area (Å²) in [6.07, 6.45) is 9.36. The molecule has 18 heteroatoms. The Bertz CT molecular complexity index is 2360. The molecule has 1 saturated carbocycles. The molecule has 8 rings (SSSR count). The molecule has 65 heavy (non-hydrogen) atoms. The van der Waals surface area contributed by atoms with Gasteiger partial charge in [-0.05, 0) is 117 Å².